The maximum atomic E-state index is 12.7. The number of nitrogens with zero attached hydrogens (tertiary/aromatic N) is 3. The molecule has 6 nitrogen and oxygen atoms in total. The van der Waals surface area contributed by atoms with E-state index in [-0.39, 0.29) is 11.8 Å². The fourth-order valence-corrected chi connectivity index (χ4v) is 3.86. The van der Waals surface area contributed by atoms with Crippen LogP contribution in [0.4, 0.5) is 0 Å². The average Bonchev–Trinajstić information content (AvgIpc) is 3.03. The molecule has 3 rings (SSSR count). The van der Waals surface area contributed by atoms with E-state index in [1.165, 1.54) is 5.56 Å². The number of aliphatic hydroxyl groups is 1. The molecule has 0 bridgehead atoms. The van der Waals surface area contributed by atoms with Crippen LogP contribution in [-0.4, -0.2) is 83.0 Å². The second kappa shape index (κ2) is 7.76. The van der Waals surface area contributed by atoms with Crippen molar-refractivity contribution < 1.29 is 14.7 Å². The minimum absolute atomic E-state index is 0.00928. The van der Waals surface area contributed by atoms with Gasteiger partial charge >= 0.3 is 0 Å². The number of amides is 2. The Morgan fingerprint density at radius 3 is 2.27 bits per heavy atom. The summed E-state index contributed by atoms with van der Waals surface area (Å²) in [5, 5.41) is 11.0. The van der Waals surface area contributed by atoms with Crippen molar-refractivity contribution in [3.63, 3.8) is 0 Å². The van der Waals surface area contributed by atoms with Crippen LogP contribution in [-0.2, 0) is 11.2 Å². The summed E-state index contributed by atoms with van der Waals surface area (Å²) in [5.74, 6) is 0.0973. The van der Waals surface area contributed by atoms with E-state index in [0.29, 0.717) is 44.7 Å². The molecular formula is C20H29N3O3. The van der Waals surface area contributed by atoms with Crippen LogP contribution in [0, 0.1) is 0 Å². The highest BCUT2D eigenvalue weighted by Crippen LogP contribution is 2.25. The number of piperazine rings is 1. The summed E-state index contributed by atoms with van der Waals surface area (Å²) in [7, 11) is 0. The Bertz CT molecular complexity index is 653. The predicted octanol–water partition coefficient (Wildman–Crippen LogP) is 0.990. The van der Waals surface area contributed by atoms with E-state index in [2.05, 4.69) is 11.8 Å². The van der Waals surface area contributed by atoms with Crippen LogP contribution in [0.2, 0.25) is 0 Å². The molecular weight excluding hydrogens is 330 g/mol. The Morgan fingerprint density at radius 2 is 1.69 bits per heavy atom. The minimum Gasteiger partial charge on any atom is -0.387 e. The maximum absolute atomic E-state index is 12.7. The Labute approximate surface area is 155 Å². The molecule has 6 heteroatoms. The van der Waals surface area contributed by atoms with Crippen molar-refractivity contribution in [3.8, 4) is 0 Å². The van der Waals surface area contributed by atoms with E-state index in [4.69, 9.17) is 0 Å². The highest BCUT2D eigenvalue weighted by atomic mass is 16.3. The van der Waals surface area contributed by atoms with E-state index in [0.717, 1.165) is 19.5 Å². The third kappa shape index (κ3) is 4.24. The fourth-order valence-electron chi connectivity index (χ4n) is 3.86. The van der Waals surface area contributed by atoms with Gasteiger partial charge in [0.1, 0.15) is 0 Å². The van der Waals surface area contributed by atoms with Crippen molar-refractivity contribution in [2.24, 2.45) is 0 Å². The smallest absolute Gasteiger partial charge is 0.253 e. The van der Waals surface area contributed by atoms with Gasteiger partial charge in [-0.1, -0.05) is 19.1 Å². The van der Waals surface area contributed by atoms with Gasteiger partial charge in [0.25, 0.3) is 5.91 Å². The van der Waals surface area contributed by atoms with E-state index in [9.17, 15) is 14.7 Å². The Morgan fingerprint density at radius 1 is 1.04 bits per heavy atom. The molecule has 0 spiro atoms. The summed E-state index contributed by atoms with van der Waals surface area (Å²) in [6, 6.07) is 7.73. The summed E-state index contributed by atoms with van der Waals surface area (Å²) < 4.78 is 0. The lowest BCUT2D eigenvalue weighted by Gasteiger charge is -2.37. The van der Waals surface area contributed by atoms with Crippen molar-refractivity contribution in [3.05, 3.63) is 35.4 Å². The number of aryl methyl sites for hydroxylation is 1. The van der Waals surface area contributed by atoms with Gasteiger partial charge in [-0.25, -0.2) is 0 Å². The van der Waals surface area contributed by atoms with Crippen molar-refractivity contribution in [2.75, 3.05) is 45.8 Å². The van der Waals surface area contributed by atoms with Crippen LogP contribution in [0.25, 0.3) is 0 Å². The third-order valence-corrected chi connectivity index (χ3v) is 5.56. The first-order valence-electron chi connectivity index (χ1n) is 9.49. The van der Waals surface area contributed by atoms with Crippen molar-refractivity contribution in [2.45, 2.75) is 32.3 Å². The molecule has 2 aliphatic heterocycles. The van der Waals surface area contributed by atoms with Crippen LogP contribution in [0.1, 0.15) is 36.2 Å². The summed E-state index contributed by atoms with van der Waals surface area (Å²) in [4.78, 5) is 29.9. The van der Waals surface area contributed by atoms with E-state index < -0.39 is 5.60 Å². The Hall–Kier alpha value is -1.92. The number of carbonyl (C=O) groups excluding carboxylic acids is 2. The Kier molecular flexibility index (Phi) is 5.63. The molecule has 2 heterocycles. The normalized spacial score (nSPS) is 24.1. The quantitative estimate of drug-likeness (QED) is 0.871. The van der Waals surface area contributed by atoms with E-state index >= 15 is 0 Å². The lowest BCUT2D eigenvalue weighted by atomic mass is 10.0. The zero-order valence-corrected chi connectivity index (χ0v) is 15.8. The van der Waals surface area contributed by atoms with E-state index in [1.54, 1.807) is 11.8 Å². The topological polar surface area (TPSA) is 64.1 Å². The number of benzene rings is 1. The largest absolute Gasteiger partial charge is 0.387 e. The van der Waals surface area contributed by atoms with Gasteiger partial charge in [0.05, 0.1) is 12.1 Å². The summed E-state index contributed by atoms with van der Waals surface area (Å²) in [6.45, 7) is 8.15. The Balaban J connectivity index is 1.55. The van der Waals surface area contributed by atoms with Crippen molar-refractivity contribution in [1.29, 1.82) is 0 Å². The molecule has 1 aromatic carbocycles. The lowest BCUT2D eigenvalue weighted by molar-refractivity contribution is -0.130. The molecule has 2 saturated heterocycles. The lowest BCUT2D eigenvalue weighted by Crippen LogP contribution is -2.53. The predicted molar refractivity (Wildman–Crippen MR) is 100.0 cm³/mol. The minimum atomic E-state index is -0.864. The van der Waals surface area contributed by atoms with Crippen LogP contribution < -0.4 is 0 Å². The molecule has 0 unspecified atom stereocenters. The first kappa shape index (κ1) is 18.9. The second-order valence-electron chi connectivity index (χ2n) is 7.53. The molecule has 1 atom stereocenters. The fraction of sp³-hybridized carbons (Fsp3) is 0.600. The highest BCUT2D eigenvalue weighted by Gasteiger charge is 2.40. The zero-order valence-electron chi connectivity index (χ0n) is 15.8. The van der Waals surface area contributed by atoms with Crippen LogP contribution >= 0.6 is 0 Å². The van der Waals surface area contributed by atoms with Gasteiger partial charge in [-0.05, 0) is 30.5 Å². The molecule has 1 N–H and O–H groups in total. The maximum Gasteiger partial charge on any atom is 0.253 e. The molecule has 2 aliphatic rings. The molecule has 142 valence electrons. The first-order chi connectivity index (χ1) is 12.4. The first-order valence-corrected chi connectivity index (χ1v) is 9.49. The van der Waals surface area contributed by atoms with Gasteiger partial charge in [0.2, 0.25) is 5.91 Å². The standard InChI is InChI=1S/C20H29N3O3/c1-3-17-4-6-18(7-5-17)19(25)23-9-8-20(26,15-23)14-21-10-12-22(13-11-21)16(2)24/h4-7,26H,3,8-15H2,1-2H3/t20-/m1/s1. The molecule has 2 amide bonds. The number of likely N-dealkylation sites (tertiary alicyclic amines) is 1. The highest BCUT2D eigenvalue weighted by molar-refractivity contribution is 5.94. The van der Waals surface area contributed by atoms with Crippen LogP contribution in [0.5, 0.6) is 0 Å². The van der Waals surface area contributed by atoms with Gasteiger partial charge in [0.15, 0.2) is 0 Å². The summed E-state index contributed by atoms with van der Waals surface area (Å²) >= 11 is 0. The number of β-amino-alcohol motifs (C(OH)–C–C–N with tert-alkyl or cyclic N) is 1. The van der Waals surface area contributed by atoms with Crippen LogP contribution in [0.3, 0.4) is 0 Å². The molecule has 2 fully saturated rings. The van der Waals surface area contributed by atoms with Gasteiger partial charge in [-0.3, -0.25) is 14.5 Å². The monoisotopic (exact) mass is 359 g/mol. The number of carbonyl (C=O) groups is 2. The molecule has 0 aromatic heterocycles. The van der Waals surface area contributed by atoms with E-state index in [1.807, 2.05) is 29.2 Å². The van der Waals surface area contributed by atoms with Crippen LogP contribution in [0.15, 0.2) is 24.3 Å². The average molecular weight is 359 g/mol. The number of rotatable bonds is 4. The summed E-state index contributed by atoms with van der Waals surface area (Å²) in [5.41, 5.74) is 1.03. The second-order valence-corrected chi connectivity index (χ2v) is 7.53. The molecule has 1 aromatic rings. The van der Waals surface area contributed by atoms with Crippen molar-refractivity contribution >= 4 is 11.8 Å². The van der Waals surface area contributed by atoms with Gasteiger partial charge in [-0.2, -0.15) is 0 Å². The SMILES string of the molecule is CCc1ccc(C(=O)N2CC[C@@](O)(CN3CCN(C(C)=O)CC3)C2)cc1. The number of hydrogen-bond donors (Lipinski definition) is 1. The molecule has 26 heavy (non-hydrogen) atoms. The summed E-state index contributed by atoms with van der Waals surface area (Å²) in [6.07, 6.45) is 1.55. The molecule has 0 radical (unpaired) electrons. The zero-order chi connectivity index (χ0) is 18.7. The van der Waals surface area contributed by atoms with Crippen molar-refractivity contribution in [1.82, 2.24) is 14.7 Å². The molecule has 0 aliphatic carbocycles. The number of hydrogen-bond acceptors (Lipinski definition) is 4. The molecule has 0 saturated carbocycles. The van der Waals surface area contributed by atoms with Gasteiger partial charge < -0.3 is 14.9 Å². The third-order valence-electron chi connectivity index (χ3n) is 5.56. The van der Waals surface area contributed by atoms with Gasteiger partial charge in [0, 0.05) is 51.8 Å². The van der Waals surface area contributed by atoms with Gasteiger partial charge in [-0.15, -0.1) is 0 Å².